The minimum absolute atomic E-state index is 0.00997. The number of amides is 4. The number of aryl methyl sites for hydroxylation is 1. The maximum absolute atomic E-state index is 15.3. The fourth-order valence-corrected chi connectivity index (χ4v) is 7.97. The van der Waals surface area contributed by atoms with E-state index in [1.165, 1.54) is 42.5 Å². The van der Waals surface area contributed by atoms with Crippen LogP contribution in [0.25, 0.3) is 0 Å². The molecule has 3 aromatic carbocycles. The average molecular weight is 763 g/mol. The summed E-state index contributed by atoms with van der Waals surface area (Å²) < 4.78 is 53.2. The van der Waals surface area contributed by atoms with Crippen LogP contribution in [-0.2, 0) is 34.6 Å². The third kappa shape index (κ3) is 6.91. The largest absolute Gasteiger partial charge is 0.477 e. The Labute approximate surface area is 305 Å². The standard InChI is InChI=1S/C36H38Cl2FN3O8S/c1-6-15-49-34(46)42-28-17-22(38)10-13-26(28)36(33(42)45)27(19-30(43)40-31(36)24-18-23(39)12-9-20(24)4)25-16-21(37)11-14-29(25)50-35(7-2,8-3)32(44)41-51(5,47)48/h9-14,16-18,27,31H,6-8,15,19H2,1-5H3,(H,40,43)(H,41,44). The number of piperidine rings is 1. The molecule has 0 aromatic heterocycles. The Bertz CT molecular complexity index is 2020. The molecular formula is C36H38Cl2FN3O8S. The number of anilines is 1. The van der Waals surface area contributed by atoms with Crippen molar-refractivity contribution < 1.29 is 41.5 Å². The molecule has 2 aliphatic rings. The van der Waals surface area contributed by atoms with Gasteiger partial charge in [0, 0.05) is 27.9 Å². The van der Waals surface area contributed by atoms with E-state index >= 15 is 9.18 Å². The highest BCUT2D eigenvalue weighted by Gasteiger charge is 2.65. The highest BCUT2D eigenvalue weighted by Crippen LogP contribution is 2.61. The first-order chi connectivity index (χ1) is 24.0. The van der Waals surface area contributed by atoms with E-state index in [0.29, 0.717) is 17.5 Å². The van der Waals surface area contributed by atoms with E-state index in [0.717, 1.165) is 11.2 Å². The maximum Gasteiger partial charge on any atom is 0.421 e. The van der Waals surface area contributed by atoms with Gasteiger partial charge in [0.2, 0.25) is 21.8 Å². The highest BCUT2D eigenvalue weighted by atomic mass is 35.5. The molecular weight excluding hydrogens is 724 g/mol. The number of ether oxygens (including phenoxy) is 2. The zero-order chi connectivity index (χ0) is 37.5. The molecule has 2 N–H and O–H groups in total. The van der Waals surface area contributed by atoms with Gasteiger partial charge in [0.15, 0.2) is 5.60 Å². The molecule has 2 heterocycles. The molecule has 11 nitrogen and oxygen atoms in total. The number of rotatable bonds is 10. The van der Waals surface area contributed by atoms with Gasteiger partial charge in [-0.1, -0.05) is 56.1 Å². The number of nitrogens with zero attached hydrogens (tertiary/aromatic N) is 1. The Morgan fingerprint density at radius 1 is 1.02 bits per heavy atom. The van der Waals surface area contributed by atoms with Crippen molar-refractivity contribution in [3.05, 3.63) is 92.7 Å². The van der Waals surface area contributed by atoms with E-state index in [1.54, 1.807) is 39.8 Å². The van der Waals surface area contributed by atoms with Crippen molar-refractivity contribution >= 4 is 62.7 Å². The van der Waals surface area contributed by atoms with Gasteiger partial charge in [0.1, 0.15) is 17.0 Å². The normalized spacial score (nSPS) is 20.2. The van der Waals surface area contributed by atoms with Crippen LogP contribution >= 0.6 is 23.2 Å². The lowest BCUT2D eigenvalue weighted by Gasteiger charge is -2.47. The lowest BCUT2D eigenvalue weighted by atomic mass is 9.58. The molecule has 3 aromatic rings. The Kier molecular flexibility index (Phi) is 10.8. The number of benzene rings is 3. The van der Waals surface area contributed by atoms with Crippen molar-refractivity contribution in [2.24, 2.45) is 0 Å². The smallest absolute Gasteiger partial charge is 0.421 e. The minimum Gasteiger partial charge on any atom is -0.477 e. The SMILES string of the molecule is CCCOC(=O)N1C(=O)C2(c3ccc(Cl)cc31)C(c1cc(Cl)ccc1OC(CC)(CC)C(=O)NS(C)(=O)=O)CC(=O)NC2c1cc(F)ccc1C. The van der Waals surface area contributed by atoms with Crippen LogP contribution in [0.3, 0.4) is 0 Å². The van der Waals surface area contributed by atoms with Crippen molar-refractivity contribution in [3.63, 3.8) is 0 Å². The van der Waals surface area contributed by atoms with Gasteiger partial charge in [0.05, 0.1) is 24.6 Å². The van der Waals surface area contributed by atoms with Crippen molar-refractivity contribution in [2.75, 3.05) is 17.8 Å². The molecule has 3 unspecified atom stereocenters. The number of carbonyl (C=O) groups is 4. The van der Waals surface area contributed by atoms with Gasteiger partial charge in [-0.15, -0.1) is 0 Å². The first kappa shape index (κ1) is 38.0. The zero-order valence-corrected chi connectivity index (χ0v) is 31.0. The summed E-state index contributed by atoms with van der Waals surface area (Å²) in [5.41, 5.74) is -2.13. The van der Waals surface area contributed by atoms with Crippen LogP contribution in [0.4, 0.5) is 14.9 Å². The topological polar surface area (TPSA) is 148 Å². The summed E-state index contributed by atoms with van der Waals surface area (Å²) in [6.07, 6.45) is 0.0762. The van der Waals surface area contributed by atoms with E-state index < -0.39 is 62.6 Å². The summed E-state index contributed by atoms with van der Waals surface area (Å²) >= 11 is 13.0. The summed E-state index contributed by atoms with van der Waals surface area (Å²) in [6, 6.07) is 11.8. The van der Waals surface area contributed by atoms with Crippen molar-refractivity contribution in [1.82, 2.24) is 10.0 Å². The third-order valence-electron chi connectivity index (χ3n) is 9.55. The highest BCUT2D eigenvalue weighted by molar-refractivity contribution is 7.89. The second-order valence-electron chi connectivity index (χ2n) is 12.7. The molecule has 4 amide bonds. The summed E-state index contributed by atoms with van der Waals surface area (Å²) in [4.78, 5) is 57.2. The maximum atomic E-state index is 15.3. The predicted octanol–water partition coefficient (Wildman–Crippen LogP) is 6.63. The van der Waals surface area contributed by atoms with E-state index in [2.05, 4.69) is 5.32 Å². The number of halogens is 3. The van der Waals surface area contributed by atoms with Crippen LogP contribution in [0.15, 0.2) is 54.6 Å². The van der Waals surface area contributed by atoms with Gasteiger partial charge >= 0.3 is 6.09 Å². The van der Waals surface area contributed by atoms with Gasteiger partial charge in [0.25, 0.3) is 5.91 Å². The van der Waals surface area contributed by atoms with Crippen LogP contribution in [0.5, 0.6) is 5.75 Å². The number of sulfonamides is 1. The lowest BCUT2D eigenvalue weighted by Crippen LogP contribution is -2.59. The Morgan fingerprint density at radius 3 is 2.33 bits per heavy atom. The Balaban J connectivity index is 1.84. The molecule has 3 atom stereocenters. The van der Waals surface area contributed by atoms with Crippen LogP contribution in [-0.4, -0.2) is 50.7 Å². The number of hydrogen-bond donors (Lipinski definition) is 2. The number of fused-ring (bicyclic) bond motifs is 2. The molecule has 1 saturated heterocycles. The second kappa shape index (κ2) is 14.4. The lowest BCUT2D eigenvalue weighted by molar-refractivity contribution is -0.136. The van der Waals surface area contributed by atoms with Crippen molar-refractivity contribution in [3.8, 4) is 5.75 Å². The fourth-order valence-electron chi connectivity index (χ4n) is 7.10. The first-order valence-corrected chi connectivity index (χ1v) is 19.0. The average Bonchev–Trinajstić information content (AvgIpc) is 3.31. The van der Waals surface area contributed by atoms with Gasteiger partial charge in [-0.05, 0) is 85.3 Å². The molecule has 2 aliphatic heterocycles. The number of hydrogen-bond acceptors (Lipinski definition) is 8. The van der Waals surface area contributed by atoms with Crippen LogP contribution in [0.1, 0.15) is 80.7 Å². The Hall–Kier alpha value is -4.20. The van der Waals surface area contributed by atoms with Gasteiger partial charge in [-0.25, -0.2) is 27.2 Å². The van der Waals surface area contributed by atoms with Crippen molar-refractivity contribution in [2.45, 2.75) is 76.4 Å². The molecule has 1 spiro atoms. The van der Waals surface area contributed by atoms with E-state index in [1.807, 2.05) is 4.72 Å². The molecule has 1 fully saturated rings. The first-order valence-electron chi connectivity index (χ1n) is 16.4. The van der Waals surface area contributed by atoms with Crippen molar-refractivity contribution in [1.29, 1.82) is 0 Å². The molecule has 15 heteroatoms. The molecule has 51 heavy (non-hydrogen) atoms. The molecule has 0 saturated carbocycles. The zero-order valence-electron chi connectivity index (χ0n) is 28.6. The molecule has 0 bridgehead atoms. The third-order valence-corrected chi connectivity index (χ3v) is 10.6. The summed E-state index contributed by atoms with van der Waals surface area (Å²) in [6.45, 7) is 6.82. The van der Waals surface area contributed by atoms with E-state index in [-0.39, 0.29) is 58.5 Å². The quantitative estimate of drug-likeness (QED) is 0.234. The second-order valence-corrected chi connectivity index (χ2v) is 15.4. The predicted molar refractivity (Wildman–Crippen MR) is 190 cm³/mol. The van der Waals surface area contributed by atoms with Crippen LogP contribution in [0.2, 0.25) is 10.0 Å². The monoisotopic (exact) mass is 761 g/mol. The Morgan fingerprint density at radius 2 is 1.69 bits per heavy atom. The van der Waals surface area contributed by atoms with Gasteiger partial charge < -0.3 is 14.8 Å². The molecule has 5 rings (SSSR count). The van der Waals surface area contributed by atoms with Gasteiger partial charge in [-0.3, -0.25) is 14.4 Å². The molecule has 0 radical (unpaired) electrons. The molecule has 272 valence electrons. The number of imide groups is 1. The molecule has 0 aliphatic carbocycles. The summed E-state index contributed by atoms with van der Waals surface area (Å²) in [5, 5.41) is 3.33. The van der Waals surface area contributed by atoms with Crippen LogP contribution in [0, 0.1) is 12.7 Å². The van der Waals surface area contributed by atoms with Crippen LogP contribution < -0.4 is 19.7 Å². The van der Waals surface area contributed by atoms with E-state index in [9.17, 15) is 22.8 Å². The number of nitrogens with one attached hydrogen (secondary N) is 2. The minimum atomic E-state index is -3.98. The van der Waals surface area contributed by atoms with Gasteiger partial charge in [-0.2, -0.15) is 0 Å². The number of carbonyl (C=O) groups excluding carboxylic acids is 4. The summed E-state index contributed by atoms with van der Waals surface area (Å²) in [5.74, 6) is -3.95. The van der Waals surface area contributed by atoms with E-state index in [4.69, 9.17) is 32.7 Å². The fraction of sp³-hybridized carbons (Fsp3) is 0.389. The summed E-state index contributed by atoms with van der Waals surface area (Å²) in [7, 11) is -3.98.